The van der Waals surface area contributed by atoms with Gasteiger partial charge in [-0.1, -0.05) is 5.16 Å². The maximum atomic E-state index is 11.7. The topological polar surface area (TPSA) is 77.2 Å². The van der Waals surface area contributed by atoms with Crippen LogP contribution in [0.4, 0.5) is 0 Å². The Kier molecular flexibility index (Phi) is 4.70. The molecule has 2 aromatic heterocycles. The Balaban J connectivity index is 1.73. The van der Waals surface area contributed by atoms with Crippen LogP contribution in [0.15, 0.2) is 35.1 Å². The van der Waals surface area contributed by atoms with Crippen molar-refractivity contribution in [2.24, 2.45) is 0 Å². The van der Waals surface area contributed by atoms with Gasteiger partial charge in [-0.3, -0.25) is 9.78 Å². The van der Waals surface area contributed by atoms with E-state index in [1.165, 1.54) is 0 Å². The molecule has 0 aliphatic heterocycles. The van der Waals surface area contributed by atoms with Crippen molar-refractivity contribution in [2.45, 2.75) is 26.4 Å². The molecule has 1 amide bonds. The van der Waals surface area contributed by atoms with E-state index in [1.807, 2.05) is 19.9 Å². The van der Waals surface area contributed by atoms with Gasteiger partial charge in [-0.25, -0.2) is 0 Å². The molecule has 0 bridgehead atoms. The van der Waals surface area contributed by atoms with Crippen LogP contribution in [0.3, 0.4) is 0 Å². The average Bonchev–Trinajstić information content (AvgIpc) is 2.83. The highest BCUT2D eigenvalue weighted by Crippen LogP contribution is 2.08. The largest absolute Gasteiger partial charge is 0.487 e. The summed E-state index contributed by atoms with van der Waals surface area (Å²) in [5.41, 5.74) is 0.765. The second-order valence-electron chi connectivity index (χ2n) is 4.53. The molecular formula is C14H17N3O3. The number of hydrogen-bond donors (Lipinski definition) is 1. The molecule has 6 nitrogen and oxygen atoms in total. The summed E-state index contributed by atoms with van der Waals surface area (Å²) in [6, 6.07) is 5.37. The molecule has 2 heterocycles. The lowest BCUT2D eigenvalue weighted by Gasteiger charge is -2.14. The predicted molar refractivity (Wildman–Crippen MR) is 72.3 cm³/mol. The fourth-order valence-corrected chi connectivity index (χ4v) is 1.67. The van der Waals surface area contributed by atoms with Gasteiger partial charge in [-0.15, -0.1) is 0 Å². The Morgan fingerprint density at radius 2 is 2.40 bits per heavy atom. The van der Waals surface area contributed by atoms with Crippen molar-refractivity contribution >= 4 is 5.91 Å². The standard InChI is InChI=1S/C14H17N3O3/c1-10-6-13(20-17-10)7-14(18)16-8-11(2)19-12-4-3-5-15-9-12/h3-6,9,11H,7-8H2,1-2H3,(H,16,18)/t11-/m0/s1. The van der Waals surface area contributed by atoms with Crippen LogP contribution in [0.25, 0.3) is 0 Å². The number of ether oxygens (including phenoxy) is 1. The van der Waals surface area contributed by atoms with Crippen LogP contribution in [0.5, 0.6) is 5.75 Å². The maximum Gasteiger partial charge on any atom is 0.227 e. The molecule has 106 valence electrons. The highest BCUT2D eigenvalue weighted by molar-refractivity contribution is 5.77. The summed E-state index contributed by atoms with van der Waals surface area (Å²) < 4.78 is 10.6. The molecule has 0 saturated heterocycles. The van der Waals surface area contributed by atoms with Gasteiger partial charge in [0.25, 0.3) is 0 Å². The van der Waals surface area contributed by atoms with Crippen LogP contribution in [0.2, 0.25) is 0 Å². The fourth-order valence-electron chi connectivity index (χ4n) is 1.67. The molecule has 20 heavy (non-hydrogen) atoms. The van der Waals surface area contributed by atoms with E-state index in [4.69, 9.17) is 9.26 Å². The molecule has 1 atom stereocenters. The monoisotopic (exact) mass is 275 g/mol. The third-order valence-corrected chi connectivity index (χ3v) is 2.57. The first-order chi connectivity index (χ1) is 9.63. The minimum atomic E-state index is -0.139. The smallest absolute Gasteiger partial charge is 0.227 e. The second-order valence-corrected chi connectivity index (χ2v) is 4.53. The van der Waals surface area contributed by atoms with Gasteiger partial charge in [-0.05, 0) is 26.0 Å². The predicted octanol–water partition coefficient (Wildman–Crippen LogP) is 1.50. The van der Waals surface area contributed by atoms with Gasteiger partial charge in [0.2, 0.25) is 5.91 Å². The Labute approximate surface area is 117 Å². The summed E-state index contributed by atoms with van der Waals surface area (Å²) in [7, 11) is 0. The van der Waals surface area contributed by atoms with E-state index in [1.54, 1.807) is 24.5 Å². The normalized spacial score (nSPS) is 11.9. The van der Waals surface area contributed by atoms with Crippen molar-refractivity contribution in [1.29, 1.82) is 0 Å². The summed E-state index contributed by atoms with van der Waals surface area (Å²) in [6.45, 7) is 4.11. The SMILES string of the molecule is Cc1cc(CC(=O)NC[C@H](C)Oc2cccnc2)on1. The van der Waals surface area contributed by atoms with Crippen LogP contribution >= 0.6 is 0 Å². The average molecular weight is 275 g/mol. The van der Waals surface area contributed by atoms with Gasteiger partial charge in [-0.2, -0.15) is 0 Å². The lowest BCUT2D eigenvalue weighted by atomic mass is 10.3. The summed E-state index contributed by atoms with van der Waals surface area (Å²) in [4.78, 5) is 15.7. The molecule has 0 aliphatic carbocycles. The van der Waals surface area contributed by atoms with Crippen molar-refractivity contribution < 1.29 is 14.1 Å². The lowest BCUT2D eigenvalue weighted by molar-refractivity contribution is -0.121. The molecule has 1 N–H and O–H groups in total. The van der Waals surface area contributed by atoms with Crippen LogP contribution in [0, 0.1) is 6.92 Å². The van der Waals surface area contributed by atoms with Crippen LogP contribution in [-0.4, -0.2) is 28.7 Å². The number of amides is 1. The van der Waals surface area contributed by atoms with E-state index in [9.17, 15) is 4.79 Å². The summed E-state index contributed by atoms with van der Waals surface area (Å²) in [5.74, 6) is 1.11. The number of pyridine rings is 1. The second kappa shape index (κ2) is 6.70. The van der Waals surface area contributed by atoms with E-state index in [2.05, 4.69) is 15.5 Å². The number of nitrogens with one attached hydrogen (secondary N) is 1. The van der Waals surface area contributed by atoms with Crippen molar-refractivity contribution in [2.75, 3.05) is 6.54 Å². The first kappa shape index (κ1) is 14.0. The Bertz CT molecular complexity index is 554. The molecule has 2 rings (SSSR count). The number of carbonyl (C=O) groups is 1. The fraction of sp³-hybridized carbons (Fsp3) is 0.357. The van der Waals surface area contributed by atoms with Crippen molar-refractivity contribution in [1.82, 2.24) is 15.5 Å². The first-order valence-electron chi connectivity index (χ1n) is 6.39. The van der Waals surface area contributed by atoms with Gasteiger partial charge in [0.15, 0.2) is 0 Å². The number of nitrogens with zero attached hydrogens (tertiary/aromatic N) is 2. The van der Waals surface area contributed by atoms with Crippen molar-refractivity contribution in [3.63, 3.8) is 0 Å². The van der Waals surface area contributed by atoms with Crippen LogP contribution < -0.4 is 10.1 Å². The van der Waals surface area contributed by atoms with E-state index >= 15 is 0 Å². The molecular weight excluding hydrogens is 258 g/mol. The molecule has 0 aromatic carbocycles. The van der Waals surface area contributed by atoms with E-state index in [-0.39, 0.29) is 18.4 Å². The van der Waals surface area contributed by atoms with E-state index in [0.29, 0.717) is 18.1 Å². The molecule has 0 saturated carbocycles. The molecule has 0 aliphatic rings. The van der Waals surface area contributed by atoms with Gasteiger partial charge >= 0.3 is 0 Å². The zero-order valence-electron chi connectivity index (χ0n) is 11.5. The third kappa shape index (κ3) is 4.38. The summed E-state index contributed by atoms with van der Waals surface area (Å²) in [6.07, 6.45) is 3.36. The number of rotatable bonds is 6. The molecule has 0 fully saturated rings. The Morgan fingerprint density at radius 1 is 1.55 bits per heavy atom. The molecule has 0 unspecified atom stereocenters. The molecule has 0 radical (unpaired) electrons. The highest BCUT2D eigenvalue weighted by atomic mass is 16.5. The van der Waals surface area contributed by atoms with E-state index < -0.39 is 0 Å². The highest BCUT2D eigenvalue weighted by Gasteiger charge is 2.10. The number of aromatic nitrogens is 2. The zero-order chi connectivity index (χ0) is 14.4. The van der Waals surface area contributed by atoms with Crippen molar-refractivity contribution in [3.05, 3.63) is 42.0 Å². The lowest BCUT2D eigenvalue weighted by Crippen LogP contribution is -2.34. The quantitative estimate of drug-likeness (QED) is 0.864. The zero-order valence-corrected chi connectivity index (χ0v) is 11.5. The third-order valence-electron chi connectivity index (χ3n) is 2.57. The molecule has 2 aromatic rings. The van der Waals surface area contributed by atoms with Crippen molar-refractivity contribution in [3.8, 4) is 5.75 Å². The maximum absolute atomic E-state index is 11.7. The van der Waals surface area contributed by atoms with Gasteiger partial charge in [0.1, 0.15) is 17.6 Å². The Hall–Kier alpha value is -2.37. The van der Waals surface area contributed by atoms with Crippen LogP contribution in [-0.2, 0) is 11.2 Å². The minimum absolute atomic E-state index is 0.122. The summed E-state index contributed by atoms with van der Waals surface area (Å²) >= 11 is 0. The minimum Gasteiger partial charge on any atom is -0.487 e. The first-order valence-corrected chi connectivity index (χ1v) is 6.39. The summed E-state index contributed by atoms with van der Waals surface area (Å²) in [5, 5.41) is 6.52. The number of carbonyl (C=O) groups excluding carboxylic acids is 1. The van der Waals surface area contributed by atoms with Gasteiger partial charge < -0.3 is 14.6 Å². The molecule has 0 spiro atoms. The van der Waals surface area contributed by atoms with Gasteiger partial charge in [0.05, 0.1) is 24.9 Å². The van der Waals surface area contributed by atoms with Crippen LogP contribution in [0.1, 0.15) is 18.4 Å². The van der Waals surface area contributed by atoms with E-state index in [0.717, 1.165) is 5.69 Å². The van der Waals surface area contributed by atoms with Gasteiger partial charge in [0, 0.05) is 12.3 Å². The Morgan fingerprint density at radius 3 is 3.05 bits per heavy atom. The number of aryl methyl sites for hydroxylation is 1. The number of hydrogen-bond acceptors (Lipinski definition) is 5. The molecule has 6 heteroatoms.